The highest BCUT2D eigenvalue weighted by atomic mass is 17.4. The molecule has 110 valence electrons. The van der Waals surface area contributed by atoms with Gasteiger partial charge < -0.3 is 4.74 Å². The first-order chi connectivity index (χ1) is 9.15. The zero-order chi connectivity index (χ0) is 15.0. The summed E-state index contributed by atoms with van der Waals surface area (Å²) in [6, 6.07) is 9.62. The number of benzene rings is 1. The van der Waals surface area contributed by atoms with Crippen molar-refractivity contribution in [3.8, 4) is 0 Å². The summed E-state index contributed by atoms with van der Waals surface area (Å²) < 4.78 is 5.61. The predicted octanol–water partition coefficient (Wildman–Crippen LogP) is 3.56. The van der Waals surface area contributed by atoms with Gasteiger partial charge in [0.15, 0.2) is 0 Å². The standard InChI is InChI=1S/C16H22O4/c1-14(2,3)11-16(19-20-16)13(17)18-15(4,5)12-9-7-6-8-10-12/h6-10H,11H2,1-5H3. The average Bonchev–Trinajstić information content (AvgIpc) is 3.08. The van der Waals surface area contributed by atoms with E-state index >= 15 is 0 Å². The SMILES string of the molecule is CC(C)(C)CC1(C(=O)OC(C)(C)c2ccccc2)OO1. The molecule has 1 aromatic carbocycles. The van der Waals surface area contributed by atoms with Crippen molar-refractivity contribution in [3.63, 3.8) is 0 Å². The fourth-order valence-electron chi connectivity index (χ4n) is 2.16. The number of rotatable bonds is 4. The van der Waals surface area contributed by atoms with Gasteiger partial charge in [-0.05, 0) is 24.8 Å². The monoisotopic (exact) mass is 278 g/mol. The first-order valence-corrected chi connectivity index (χ1v) is 6.81. The minimum Gasteiger partial charge on any atom is -0.451 e. The van der Waals surface area contributed by atoms with Crippen LogP contribution in [0.25, 0.3) is 0 Å². The fraction of sp³-hybridized carbons (Fsp3) is 0.562. The van der Waals surface area contributed by atoms with E-state index in [1.165, 1.54) is 0 Å². The minimum absolute atomic E-state index is 0.0909. The van der Waals surface area contributed by atoms with Crippen molar-refractivity contribution in [2.45, 2.75) is 52.4 Å². The van der Waals surface area contributed by atoms with Crippen LogP contribution in [0.3, 0.4) is 0 Å². The molecule has 4 heteroatoms. The van der Waals surface area contributed by atoms with Gasteiger partial charge in [0.05, 0.1) is 0 Å². The Morgan fingerprint density at radius 1 is 1.10 bits per heavy atom. The van der Waals surface area contributed by atoms with E-state index in [1.54, 1.807) is 0 Å². The molecule has 1 fully saturated rings. The van der Waals surface area contributed by atoms with Crippen LogP contribution in [0.4, 0.5) is 0 Å². The van der Waals surface area contributed by atoms with Gasteiger partial charge in [0, 0.05) is 6.42 Å². The maximum Gasteiger partial charge on any atom is 0.373 e. The second-order valence-electron chi connectivity index (χ2n) is 6.92. The molecule has 1 aliphatic rings. The van der Waals surface area contributed by atoms with E-state index in [2.05, 4.69) is 0 Å². The van der Waals surface area contributed by atoms with Crippen molar-refractivity contribution in [1.29, 1.82) is 0 Å². The lowest BCUT2D eigenvalue weighted by atomic mass is 9.88. The highest BCUT2D eigenvalue weighted by Gasteiger charge is 2.61. The number of carbonyl (C=O) groups is 1. The molecule has 1 aliphatic heterocycles. The Bertz CT molecular complexity index is 481. The third-order valence-electron chi connectivity index (χ3n) is 3.18. The largest absolute Gasteiger partial charge is 0.451 e. The van der Waals surface area contributed by atoms with Crippen molar-refractivity contribution in [3.05, 3.63) is 35.9 Å². The third kappa shape index (κ3) is 3.38. The Morgan fingerprint density at radius 3 is 2.10 bits per heavy atom. The van der Waals surface area contributed by atoms with Gasteiger partial charge in [-0.1, -0.05) is 51.1 Å². The zero-order valence-corrected chi connectivity index (χ0v) is 12.7. The van der Waals surface area contributed by atoms with E-state index in [4.69, 9.17) is 14.5 Å². The van der Waals surface area contributed by atoms with Crippen LogP contribution in [0.2, 0.25) is 0 Å². The van der Waals surface area contributed by atoms with Gasteiger partial charge in [0.1, 0.15) is 5.60 Å². The summed E-state index contributed by atoms with van der Waals surface area (Å²) >= 11 is 0. The summed E-state index contributed by atoms with van der Waals surface area (Å²) in [6.45, 7) is 9.78. The molecule has 0 N–H and O–H groups in total. The Balaban J connectivity index is 2.08. The molecule has 1 heterocycles. The van der Waals surface area contributed by atoms with Crippen LogP contribution < -0.4 is 0 Å². The predicted molar refractivity (Wildman–Crippen MR) is 74.5 cm³/mol. The number of ether oxygens (including phenoxy) is 1. The van der Waals surface area contributed by atoms with Crippen molar-refractivity contribution in [2.75, 3.05) is 0 Å². The van der Waals surface area contributed by atoms with E-state index < -0.39 is 17.4 Å². The topological polar surface area (TPSA) is 51.4 Å². The molecule has 0 saturated carbocycles. The number of esters is 1. The molecule has 4 nitrogen and oxygen atoms in total. The van der Waals surface area contributed by atoms with E-state index in [9.17, 15) is 4.79 Å². The lowest BCUT2D eigenvalue weighted by Gasteiger charge is -2.27. The second-order valence-corrected chi connectivity index (χ2v) is 6.92. The Morgan fingerprint density at radius 2 is 1.65 bits per heavy atom. The summed E-state index contributed by atoms with van der Waals surface area (Å²) in [5, 5.41) is 0. The third-order valence-corrected chi connectivity index (χ3v) is 3.18. The van der Waals surface area contributed by atoms with Crippen LogP contribution >= 0.6 is 0 Å². The van der Waals surface area contributed by atoms with Crippen LogP contribution in [-0.4, -0.2) is 11.8 Å². The molecule has 2 rings (SSSR count). The highest BCUT2D eigenvalue weighted by molar-refractivity contribution is 5.79. The first kappa shape index (κ1) is 15.0. The van der Waals surface area contributed by atoms with Crippen LogP contribution in [0.15, 0.2) is 30.3 Å². The fourth-order valence-corrected chi connectivity index (χ4v) is 2.16. The summed E-state index contributed by atoms with van der Waals surface area (Å²) in [5.41, 5.74) is 0.116. The number of hydrogen-bond donors (Lipinski definition) is 0. The number of carbonyl (C=O) groups excluding carboxylic acids is 1. The lowest BCUT2D eigenvalue weighted by molar-refractivity contribution is -0.166. The molecule has 1 saturated heterocycles. The van der Waals surface area contributed by atoms with Crippen molar-refractivity contribution < 1.29 is 19.3 Å². The molecular weight excluding hydrogens is 256 g/mol. The van der Waals surface area contributed by atoms with Crippen molar-refractivity contribution in [1.82, 2.24) is 0 Å². The van der Waals surface area contributed by atoms with Gasteiger partial charge in [-0.2, -0.15) is 9.78 Å². The van der Waals surface area contributed by atoms with Crippen LogP contribution in [0.5, 0.6) is 0 Å². The van der Waals surface area contributed by atoms with Crippen molar-refractivity contribution >= 4 is 5.97 Å². The molecule has 20 heavy (non-hydrogen) atoms. The Labute approximate surface area is 120 Å². The van der Waals surface area contributed by atoms with Crippen molar-refractivity contribution in [2.24, 2.45) is 5.41 Å². The molecule has 0 aliphatic carbocycles. The van der Waals surface area contributed by atoms with E-state index in [0.717, 1.165) is 5.56 Å². The quantitative estimate of drug-likeness (QED) is 0.480. The lowest BCUT2D eigenvalue weighted by Crippen LogP contribution is -2.36. The van der Waals surface area contributed by atoms with Gasteiger partial charge in [-0.15, -0.1) is 0 Å². The molecule has 0 spiro atoms. The molecule has 0 bridgehead atoms. The summed E-state index contributed by atoms with van der Waals surface area (Å²) in [7, 11) is 0. The van der Waals surface area contributed by atoms with Gasteiger partial charge in [0.25, 0.3) is 0 Å². The van der Waals surface area contributed by atoms with E-state index in [1.807, 2.05) is 65.0 Å². The van der Waals surface area contributed by atoms with Crippen LogP contribution in [0.1, 0.15) is 46.6 Å². The Hall–Kier alpha value is -1.39. The Kier molecular flexibility index (Phi) is 3.65. The molecule has 0 amide bonds. The molecule has 0 unspecified atom stereocenters. The van der Waals surface area contributed by atoms with Gasteiger partial charge in [-0.25, -0.2) is 4.79 Å². The second kappa shape index (κ2) is 4.86. The first-order valence-electron chi connectivity index (χ1n) is 6.81. The summed E-state index contributed by atoms with van der Waals surface area (Å²) in [6.07, 6.45) is 0.462. The summed E-state index contributed by atoms with van der Waals surface area (Å²) in [4.78, 5) is 22.2. The maximum absolute atomic E-state index is 12.3. The maximum atomic E-state index is 12.3. The molecule has 1 aromatic rings. The molecule has 0 aromatic heterocycles. The average molecular weight is 278 g/mol. The van der Waals surface area contributed by atoms with Gasteiger partial charge in [0.2, 0.25) is 0 Å². The van der Waals surface area contributed by atoms with Gasteiger partial charge >= 0.3 is 11.8 Å². The molecule has 0 radical (unpaired) electrons. The zero-order valence-electron chi connectivity index (χ0n) is 12.7. The summed E-state index contributed by atoms with van der Waals surface area (Å²) in [5.74, 6) is -1.70. The van der Waals surface area contributed by atoms with E-state index in [0.29, 0.717) is 6.42 Å². The highest BCUT2D eigenvalue weighted by Crippen LogP contribution is 2.43. The van der Waals surface area contributed by atoms with Crippen LogP contribution in [0, 0.1) is 5.41 Å². The molecular formula is C16H22O4. The van der Waals surface area contributed by atoms with Crippen LogP contribution in [-0.2, 0) is 24.9 Å². The smallest absolute Gasteiger partial charge is 0.373 e. The molecule has 0 atom stereocenters. The minimum atomic E-state index is -1.23. The van der Waals surface area contributed by atoms with Gasteiger partial charge in [-0.3, -0.25) is 0 Å². The van der Waals surface area contributed by atoms with E-state index in [-0.39, 0.29) is 5.41 Å². The normalized spacial score (nSPS) is 17.6. The number of hydrogen-bond acceptors (Lipinski definition) is 4.